The molecule has 0 spiro atoms. The van der Waals surface area contributed by atoms with E-state index in [1.165, 1.54) is 40.4 Å². The van der Waals surface area contributed by atoms with Crippen molar-refractivity contribution in [3.63, 3.8) is 0 Å². The lowest BCUT2D eigenvalue weighted by molar-refractivity contribution is 0.484. The zero-order valence-corrected chi connectivity index (χ0v) is 14.2. The maximum atomic E-state index is 4.64. The van der Waals surface area contributed by atoms with Crippen molar-refractivity contribution < 1.29 is 0 Å². The highest BCUT2D eigenvalue weighted by Gasteiger charge is 2.11. The summed E-state index contributed by atoms with van der Waals surface area (Å²) in [5.74, 6) is 0. The second kappa shape index (κ2) is 8.30. The van der Waals surface area contributed by atoms with E-state index in [1.54, 1.807) is 0 Å². The maximum absolute atomic E-state index is 4.64. The molecule has 0 radical (unpaired) electrons. The Morgan fingerprint density at radius 3 is 2.57 bits per heavy atom. The molecule has 0 saturated carbocycles. The molecule has 2 rings (SSSR count). The molecular weight excluding hydrogens is 276 g/mol. The molecule has 3 heteroatoms. The van der Waals surface area contributed by atoms with Gasteiger partial charge in [0.05, 0.1) is 10.7 Å². The van der Waals surface area contributed by atoms with E-state index in [4.69, 9.17) is 0 Å². The monoisotopic (exact) mass is 302 g/mol. The third kappa shape index (κ3) is 4.94. The fraction of sp³-hybridized carbons (Fsp3) is 0.500. The van der Waals surface area contributed by atoms with Gasteiger partial charge < -0.3 is 5.32 Å². The maximum Gasteiger partial charge on any atom is 0.0930 e. The highest BCUT2D eigenvalue weighted by Crippen LogP contribution is 2.22. The molecule has 2 aromatic rings. The molecule has 0 aliphatic rings. The molecule has 0 aliphatic carbocycles. The zero-order valence-electron chi connectivity index (χ0n) is 13.4. The smallest absolute Gasteiger partial charge is 0.0930 e. The van der Waals surface area contributed by atoms with Crippen molar-refractivity contribution in [2.24, 2.45) is 0 Å². The summed E-state index contributed by atoms with van der Waals surface area (Å²) in [5.41, 5.74) is 2.59. The van der Waals surface area contributed by atoms with Crippen LogP contribution < -0.4 is 5.32 Å². The first-order valence-electron chi connectivity index (χ1n) is 7.92. The number of rotatable bonds is 8. The van der Waals surface area contributed by atoms with Crippen LogP contribution in [0.1, 0.15) is 53.4 Å². The largest absolute Gasteiger partial charge is 0.310 e. The van der Waals surface area contributed by atoms with Gasteiger partial charge in [-0.2, -0.15) is 0 Å². The summed E-state index contributed by atoms with van der Waals surface area (Å²) in [4.78, 5) is 6.00. The molecule has 1 aromatic heterocycles. The zero-order chi connectivity index (χ0) is 15.1. The Hall–Kier alpha value is -1.19. The van der Waals surface area contributed by atoms with E-state index in [0.717, 1.165) is 13.0 Å². The molecule has 1 aromatic carbocycles. The van der Waals surface area contributed by atoms with Gasteiger partial charge in [-0.25, -0.2) is 4.98 Å². The average Bonchev–Trinajstić information content (AvgIpc) is 2.82. The predicted octanol–water partition coefficient (Wildman–Crippen LogP) is 4.82. The predicted molar refractivity (Wildman–Crippen MR) is 92.0 cm³/mol. The van der Waals surface area contributed by atoms with Crippen LogP contribution in [-0.2, 0) is 6.42 Å². The van der Waals surface area contributed by atoms with Crippen LogP contribution in [-0.4, -0.2) is 11.5 Å². The summed E-state index contributed by atoms with van der Waals surface area (Å²) in [6.45, 7) is 7.56. The van der Waals surface area contributed by atoms with Gasteiger partial charge in [0.1, 0.15) is 0 Å². The third-order valence-electron chi connectivity index (χ3n) is 3.80. The molecule has 0 bridgehead atoms. The van der Waals surface area contributed by atoms with E-state index in [-0.39, 0.29) is 0 Å². The third-order valence-corrected chi connectivity index (χ3v) is 4.93. The number of thiazole rings is 1. The number of nitrogens with one attached hydrogen (secondary N) is 1. The highest BCUT2D eigenvalue weighted by atomic mass is 32.1. The first-order chi connectivity index (χ1) is 10.2. The van der Waals surface area contributed by atoms with E-state index in [0.29, 0.717) is 6.04 Å². The quantitative estimate of drug-likeness (QED) is 0.756. The minimum absolute atomic E-state index is 0.466. The van der Waals surface area contributed by atoms with E-state index >= 15 is 0 Å². The van der Waals surface area contributed by atoms with Crippen molar-refractivity contribution in [3.05, 3.63) is 51.5 Å². The van der Waals surface area contributed by atoms with Gasteiger partial charge in [0.15, 0.2) is 0 Å². The Labute approximate surface area is 132 Å². The van der Waals surface area contributed by atoms with Crippen molar-refractivity contribution in [2.75, 3.05) is 6.54 Å². The van der Waals surface area contributed by atoms with Gasteiger partial charge in [-0.15, -0.1) is 11.3 Å². The van der Waals surface area contributed by atoms with Gasteiger partial charge in [-0.3, -0.25) is 0 Å². The average molecular weight is 302 g/mol. The second-order valence-corrected chi connectivity index (χ2v) is 6.85. The minimum atomic E-state index is 0.466. The number of benzene rings is 1. The Kier molecular flexibility index (Phi) is 6.40. The van der Waals surface area contributed by atoms with Crippen molar-refractivity contribution in [1.82, 2.24) is 10.3 Å². The SMILES string of the molecule is CCCNC(CCCc1nc(C)c(C)s1)c1ccccc1. The summed E-state index contributed by atoms with van der Waals surface area (Å²) in [7, 11) is 0. The van der Waals surface area contributed by atoms with Crippen LogP contribution in [0.4, 0.5) is 0 Å². The van der Waals surface area contributed by atoms with Crippen molar-refractivity contribution in [2.45, 2.75) is 52.5 Å². The number of aromatic nitrogens is 1. The fourth-order valence-electron chi connectivity index (χ4n) is 2.49. The second-order valence-electron chi connectivity index (χ2n) is 5.56. The number of nitrogens with zero attached hydrogens (tertiary/aromatic N) is 1. The van der Waals surface area contributed by atoms with Crippen LogP contribution in [0.3, 0.4) is 0 Å². The van der Waals surface area contributed by atoms with E-state index in [1.807, 2.05) is 11.3 Å². The molecule has 1 N–H and O–H groups in total. The van der Waals surface area contributed by atoms with Crippen molar-refractivity contribution in [1.29, 1.82) is 0 Å². The molecule has 2 nitrogen and oxygen atoms in total. The molecule has 1 heterocycles. The molecule has 1 unspecified atom stereocenters. The lowest BCUT2D eigenvalue weighted by atomic mass is 10.0. The van der Waals surface area contributed by atoms with Crippen LogP contribution in [0.15, 0.2) is 30.3 Å². The van der Waals surface area contributed by atoms with Gasteiger partial charge in [-0.05, 0) is 51.6 Å². The summed E-state index contributed by atoms with van der Waals surface area (Å²) in [6, 6.07) is 11.3. The first kappa shape index (κ1) is 16.2. The molecule has 0 amide bonds. The summed E-state index contributed by atoms with van der Waals surface area (Å²) < 4.78 is 0. The molecule has 114 valence electrons. The standard InChI is InChI=1S/C18H26N2S/c1-4-13-19-17(16-9-6-5-7-10-16)11-8-12-18-20-14(2)15(3)21-18/h5-7,9-10,17,19H,4,8,11-13H2,1-3H3. The molecule has 0 fully saturated rings. The fourth-order valence-corrected chi connectivity index (χ4v) is 3.47. The summed E-state index contributed by atoms with van der Waals surface area (Å²) in [5, 5.41) is 4.96. The van der Waals surface area contributed by atoms with E-state index in [9.17, 15) is 0 Å². The number of aryl methyl sites for hydroxylation is 3. The van der Waals surface area contributed by atoms with Gasteiger partial charge in [0.2, 0.25) is 0 Å². The van der Waals surface area contributed by atoms with E-state index < -0.39 is 0 Å². The summed E-state index contributed by atoms with van der Waals surface area (Å²) >= 11 is 1.85. The van der Waals surface area contributed by atoms with Gasteiger partial charge >= 0.3 is 0 Å². The molecule has 21 heavy (non-hydrogen) atoms. The Morgan fingerprint density at radius 2 is 1.95 bits per heavy atom. The van der Waals surface area contributed by atoms with Crippen molar-refractivity contribution in [3.8, 4) is 0 Å². The molecule has 0 aliphatic heterocycles. The van der Waals surface area contributed by atoms with E-state index in [2.05, 4.69) is 61.4 Å². The minimum Gasteiger partial charge on any atom is -0.310 e. The Bertz CT molecular complexity index is 514. The van der Waals surface area contributed by atoms with Crippen LogP contribution >= 0.6 is 11.3 Å². The summed E-state index contributed by atoms with van der Waals surface area (Å²) in [6.07, 6.45) is 4.62. The number of hydrogen-bond donors (Lipinski definition) is 1. The molecule has 1 atom stereocenters. The lowest BCUT2D eigenvalue weighted by Crippen LogP contribution is -2.22. The number of hydrogen-bond acceptors (Lipinski definition) is 3. The highest BCUT2D eigenvalue weighted by molar-refractivity contribution is 7.11. The topological polar surface area (TPSA) is 24.9 Å². The van der Waals surface area contributed by atoms with Crippen LogP contribution in [0.2, 0.25) is 0 Å². The van der Waals surface area contributed by atoms with Gasteiger partial charge in [0.25, 0.3) is 0 Å². The van der Waals surface area contributed by atoms with Gasteiger partial charge in [0, 0.05) is 10.9 Å². The Morgan fingerprint density at radius 1 is 1.19 bits per heavy atom. The molecular formula is C18H26N2S. The lowest BCUT2D eigenvalue weighted by Gasteiger charge is -2.18. The van der Waals surface area contributed by atoms with Crippen LogP contribution in [0.5, 0.6) is 0 Å². The Balaban J connectivity index is 1.90. The van der Waals surface area contributed by atoms with Crippen molar-refractivity contribution >= 4 is 11.3 Å². The van der Waals surface area contributed by atoms with Gasteiger partial charge in [-0.1, -0.05) is 37.3 Å². The normalized spacial score (nSPS) is 12.5. The first-order valence-corrected chi connectivity index (χ1v) is 8.73. The molecule has 0 saturated heterocycles. The van der Waals surface area contributed by atoms with Crippen LogP contribution in [0.25, 0.3) is 0 Å². The van der Waals surface area contributed by atoms with Crippen LogP contribution in [0, 0.1) is 13.8 Å².